The first-order valence-electron chi connectivity index (χ1n) is 2.64. The number of likely N-dealkylation sites (N-methyl/N-ethyl adjacent to an activating group) is 1. The average molecular weight is 101 g/mol. The van der Waals surface area contributed by atoms with Crippen LogP contribution in [0.5, 0.6) is 0 Å². The monoisotopic (exact) mass is 101 g/mol. The fourth-order valence-electron chi connectivity index (χ4n) is 0.646. The lowest BCUT2D eigenvalue weighted by atomic mass is 10.3. The largest absolute Gasteiger partial charge is 0.369 e. The molecule has 0 aromatic carbocycles. The Bertz CT molecular complexity index is 65.1. The van der Waals surface area contributed by atoms with E-state index >= 15 is 0 Å². The highest BCUT2D eigenvalue weighted by atomic mass is 16.6. The van der Waals surface area contributed by atoms with Gasteiger partial charge in [-0.25, -0.2) is 0 Å². The van der Waals surface area contributed by atoms with Crippen molar-refractivity contribution in [1.82, 2.24) is 5.32 Å². The summed E-state index contributed by atoms with van der Waals surface area (Å²) in [5.74, 6) is 0. The van der Waals surface area contributed by atoms with Crippen molar-refractivity contribution < 1.29 is 4.74 Å². The quantitative estimate of drug-likeness (QED) is 0.495. The Balaban J connectivity index is 1.98. The molecule has 0 aromatic heterocycles. The van der Waals surface area contributed by atoms with E-state index in [2.05, 4.69) is 12.2 Å². The topological polar surface area (TPSA) is 24.6 Å². The molecule has 1 aliphatic heterocycles. The van der Waals surface area contributed by atoms with Crippen LogP contribution in [0.3, 0.4) is 0 Å². The summed E-state index contributed by atoms with van der Waals surface area (Å²) in [5.41, 5.74) is 0. The van der Waals surface area contributed by atoms with Gasteiger partial charge in [0.15, 0.2) is 0 Å². The third-order valence-electron chi connectivity index (χ3n) is 1.24. The van der Waals surface area contributed by atoms with Crippen LogP contribution < -0.4 is 5.32 Å². The van der Waals surface area contributed by atoms with E-state index in [1.165, 1.54) is 0 Å². The predicted molar refractivity (Wildman–Crippen MR) is 28.3 cm³/mol. The zero-order valence-corrected chi connectivity index (χ0v) is 4.77. The van der Waals surface area contributed by atoms with E-state index < -0.39 is 0 Å². The Kier molecular flexibility index (Phi) is 1.30. The summed E-state index contributed by atoms with van der Waals surface area (Å²) < 4.78 is 5.09. The van der Waals surface area contributed by atoms with Gasteiger partial charge in [-0.3, -0.25) is 0 Å². The number of nitrogens with one attached hydrogen (secondary N) is 1. The van der Waals surface area contributed by atoms with Crippen molar-refractivity contribution in [2.75, 3.05) is 13.6 Å². The number of hydrogen-bond donors (Lipinski definition) is 1. The van der Waals surface area contributed by atoms with Gasteiger partial charge in [-0.05, 0) is 14.0 Å². The van der Waals surface area contributed by atoms with Crippen LogP contribution >= 0.6 is 0 Å². The summed E-state index contributed by atoms with van der Waals surface area (Å²) in [6.45, 7) is 3.09. The van der Waals surface area contributed by atoms with Crippen LogP contribution in [0.25, 0.3) is 0 Å². The minimum atomic E-state index is 0.505. The molecule has 0 amide bonds. The molecule has 1 N–H and O–H groups in total. The Morgan fingerprint density at radius 1 is 1.71 bits per heavy atom. The molecule has 0 aliphatic carbocycles. The maximum atomic E-state index is 5.09. The van der Waals surface area contributed by atoms with Crippen LogP contribution in [0, 0.1) is 0 Å². The summed E-state index contributed by atoms with van der Waals surface area (Å²) in [4.78, 5) is 0. The van der Waals surface area contributed by atoms with E-state index in [0.29, 0.717) is 12.2 Å². The van der Waals surface area contributed by atoms with Gasteiger partial charge in [-0.2, -0.15) is 0 Å². The first-order valence-corrected chi connectivity index (χ1v) is 2.64. The summed E-state index contributed by atoms with van der Waals surface area (Å²) in [6.07, 6.45) is 1.01. The smallest absolute Gasteiger partial charge is 0.0962 e. The van der Waals surface area contributed by atoms with Crippen LogP contribution in [0.15, 0.2) is 0 Å². The van der Waals surface area contributed by atoms with Crippen molar-refractivity contribution in [1.29, 1.82) is 0 Å². The summed E-state index contributed by atoms with van der Waals surface area (Å²) in [7, 11) is 1.94. The second kappa shape index (κ2) is 1.80. The molecule has 1 unspecified atom stereocenters. The van der Waals surface area contributed by atoms with Gasteiger partial charge < -0.3 is 10.1 Å². The summed E-state index contributed by atoms with van der Waals surface area (Å²) >= 11 is 0. The van der Waals surface area contributed by atoms with Crippen LogP contribution in [0.2, 0.25) is 0 Å². The molecule has 0 spiro atoms. The van der Waals surface area contributed by atoms with Crippen molar-refractivity contribution >= 4 is 0 Å². The van der Waals surface area contributed by atoms with Crippen molar-refractivity contribution in [3.8, 4) is 0 Å². The van der Waals surface area contributed by atoms with Gasteiger partial charge in [0.05, 0.1) is 12.2 Å². The van der Waals surface area contributed by atoms with Crippen molar-refractivity contribution in [2.45, 2.75) is 19.1 Å². The standard InChI is InChI=1S/C5H11NO/c1-4-5(7-4)3-6-2/h4-6H,3H2,1-2H3/t4-,5?/m1/s1. The fourth-order valence-corrected chi connectivity index (χ4v) is 0.646. The zero-order chi connectivity index (χ0) is 5.28. The Hall–Kier alpha value is -0.0800. The highest BCUT2D eigenvalue weighted by molar-refractivity contribution is 4.81. The Morgan fingerprint density at radius 2 is 2.29 bits per heavy atom. The van der Waals surface area contributed by atoms with E-state index in [9.17, 15) is 0 Å². The first-order chi connectivity index (χ1) is 3.34. The minimum Gasteiger partial charge on any atom is -0.369 e. The van der Waals surface area contributed by atoms with E-state index in [-0.39, 0.29) is 0 Å². The lowest BCUT2D eigenvalue weighted by Gasteiger charge is -1.86. The molecule has 2 nitrogen and oxygen atoms in total. The van der Waals surface area contributed by atoms with Crippen molar-refractivity contribution in [2.24, 2.45) is 0 Å². The van der Waals surface area contributed by atoms with E-state index in [4.69, 9.17) is 4.74 Å². The molecule has 2 atom stereocenters. The van der Waals surface area contributed by atoms with E-state index in [1.54, 1.807) is 0 Å². The number of rotatable bonds is 2. The van der Waals surface area contributed by atoms with Gasteiger partial charge in [0, 0.05) is 6.54 Å². The molecule has 42 valence electrons. The van der Waals surface area contributed by atoms with Crippen molar-refractivity contribution in [3.63, 3.8) is 0 Å². The van der Waals surface area contributed by atoms with Gasteiger partial charge in [0.25, 0.3) is 0 Å². The minimum absolute atomic E-state index is 0.505. The van der Waals surface area contributed by atoms with E-state index in [1.807, 2.05) is 7.05 Å². The highest BCUT2D eigenvalue weighted by Gasteiger charge is 2.32. The summed E-state index contributed by atoms with van der Waals surface area (Å²) in [6, 6.07) is 0. The highest BCUT2D eigenvalue weighted by Crippen LogP contribution is 2.18. The molecule has 0 bridgehead atoms. The third-order valence-corrected chi connectivity index (χ3v) is 1.24. The molecule has 7 heavy (non-hydrogen) atoms. The molecule has 2 heteroatoms. The lowest BCUT2D eigenvalue weighted by molar-refractivity contribution is 0.375. The number of ether oxygens (including phenoxy) is 1. The molecular weight excluding hydrogens is 90.1 g/mol. The average Bonchev–Trinajstić information content (AvgIpc) is 2.22. The second-order valence-corrected chi connectivity index (χ2v) is 1.94. The zero-order valence-electron chi connectivity index (χ0n) is 4.77. The molecule has 1 heterocycles. The van der Waals surface area contributed by atoms with Crippen LogP contribution in [-0.2, 0) is 4.74 Å². The first kappa shape index (κ1) is 5.06. The molecule has 0 radical (unpaired) electrons. The van der Waals surface area contributed by atoms with E-state index in [0.717, 1.165) is 6.54 Å². The molecule has 1 fully saturated rings. The third kappa shape index (κ3) is 1.14. The Labute approximate surface area is 43.9 Å². The lowest BCUT2D eigenvalue weighted by Crippen LogP contribution is -2.14. The number of hydrogen-bond acceptors (Lipinski definition) is 2. The van der Waals surface area contributed by atoms with Gasteiger partial charge >= 0.3 is 0 Å². The fraction of sp³-hybridized carbons (Fsp3) is 1.00. The molecule has 1 rings (SSSR count). The molecule has 1 aliphatic rings. The van der Waals surface area contributed by atoms with Gasteiger partial charge in [0.1, 0.15) is 0 Å². The molecule has 1 saturated heterocycles. The Morgan fingerprint density at radius 3 is 2.43 bits per heavy atom. The van der Waals surface area contributed by atoms with Gasteiger partial charge in [-0.15, -0.1) is 0 Å². The SMILES string of the molecule is CNCC1O[C@@H]1C. The second-order valence-electron chi connectivity index (χ2n) is 1.94. The predicted octanol–water partition coefficient (Wildman–Crippen LogP) is -0.00690. The van der Waals surface area contributed by atoms with Crippen molar-refractivity contribution in [3.05, 3.63) is 0 Å². The van der Waals surface area contributed by atoms with Gasteiger partial charge in [-0.1, -0.05) is 0 Å². The van der Waals surface area contributed by atoms with Crippen LogP contribution in [-0.4, -0.2) is 25.8 Å². The molecular formula is C5H11NO. The molecule has 0 aromatic rings. The van der Waals surface area contributed by atoms with Crippen LogP contribution in [0.4, 0.5) is 0 Å². The van der Waals surface area contributed by atoms with Gasteiger partial charge in [0.2, 0.25) is 0 Å². The maximum Gasteiger partial charge on any atom is 0.0962 e. The maximum absolute atomic E-state index is 5.09. The summed E-state index contributed by atoms with van der Waals surface area (Å²) in [5, 5.41) is 3.04. The number of epoxide rings is 1. The molecule has 0 saturated carbocycles. The normalized spacial score (nSPS) is 38.6. The van der Waals surface area contributed by atoms with Crippen LogP contribution in [0.1, 0.15) is 6.92 Å².